The summed E-state index contributed by atoms with van der Waals surface area (Å²) in [7, 11) is 0. The van der Waals surface area contributed by atoms with E-state index < -0.39 is 11.6 Å². The highest BCUT2D eigenvalue weighted by Gasteiger charge is 2.25. The van der Waals surface area contributed by atoms with Crippen LogP contribution < -0.4 is 15.0 Å². The fraction of sp³-hybridized carbons (Fsp3) is 0.400. The molecule has 152 valence electrons. The van der Waals surface area contributed by atoms with Crippen molar-refractivity contribution in [2.75, 3.05) is 23.3 Å². The maximum Gasteiger partial charge on any atom is 0.172 e. The Bertz CT molecular complexity index is 1010. The lowest BCUT2D eigenvalue weighted by Gasteiger charge is -2.34. The first-order valence-corrected chi connectivity index (χ1v) is 9.61. The number of hydrogen-bond donors (Lipinski definition) is 1. The van der Waals surface area contributed by atoms with Crippen LogP contribution in [0.15, 0.2) is 30.6 Å². The lowest BCUT2D eigenvalue weighted by Crippen LogP contribution is -2.39. The van der Waals surface area contributed by atoms with Gasteiger partial charge in [0.15, 0.2) is 23.2 Å². The van der Waals surface area contributed by atoms with Crippen molar-refractivity contribution >= 4 is 22.7 Å². The van der Waals surface area contributed by atoms with Gasteiger partial charge in [-0.1, -0.05) is 0 Å². The second-order valence-electron chi connectivity index (χ2n) is 7.33. The van der Waals surface area contributed by atoms with Crippen molar-refractivity contribution in [1.82, 2.24) is 20.2 Å². The van der Waals surface area contributed by atoms with Gasteiger partial charge >= 0.3 is 0 Å². The van der Waals surface area contributed by atoms with Gasteiger partial charge in [-0.2, -0.15) is 10.2 Å². The molecule has 3 aromatic rings. The molecular formula is C20H22F2N6O. The summed E-state index contributed by atoms with van der Waals surface area (Å²) in [5.41, 5.74) is 1.35. The molecule has 0 aliphatic carbocycles. The monoisotopic (exact) mass is 400 g/mol. The lowest BCUT2D eigenvalue weighted by atomic mass is 10.1. The zero-order chi connectivity index (χ0) is 20.4. The van der Waals surface area contributed by atoms with Crippen LogP contribution in [0.25, 0.3) is 11.0 Å². The summed E-state index contributed by atoms with van der Waals surface area (Å²) in [6.45, 7) is 5.44. The average molecular weight is 400 g/mol. The second kappa shape index (κ2) is 8.10. The molecule has 0 radical (unpaired) electrons. The minimum atomic E-state index is -0.683. The number of halogens is 2. The molecule has 0 amide bonds. The van der Waals surface area contributed by atoms with Crippen molar-refractivity contribution in [2.45, 2.75) is 38.8 Å². The first-order chi connectivity index (χ1) is 14.0. The summed E-state index contributed by atoms with van der Waals surface area (Å²) in [6.07, 6.45) is 4.41. The Hall–Kier alpha value is -3.10. The van der Waals surface area contributed by atoms with Crippen molar-refractivity contribution in [3.8, 4) is 5.75 Å². The van der Waals surface area contributed by atoms with E-state index in [9.17, 15) is 8.78 Å². The van der Waals surface area contributed by atoms with Crippen LogP contribution in [0.5, 0.6) is 5.75 Å². The summed E-state index contributed by atoms with van der Waals surface area (Å²) < 4.78 is 32.7. The lowest BCUT2D eigenvalue weighted by molar-refractivity contribution is 0.163. The van der Waals surface area contributed by atoms with Gasteiger partial charge in [0.05, 0.1) is 12.4 Å². The van der Waals surface area contributed by atoms with Crippen molar-refractivity contribution in [3.05, 3.63) is 42.2 Å². The third-order valence-electron chi connectivity index (χ3n) is 4.71. The second-order valence-corrected chi connectivity index (χ2v) is 7.33. The van der Waals surface area contributed by atoms with E-state index in [2.05, 4.69) is 25.4 Å². The third-order valence-corrected chi connectivity index (χ3v) is 4.71. The number of nitrogens with one attached hydrogen (secondary N) is 1. The molecular weight excluding hydrogens is 378 g/mol. The minimum absolute atomic E-state index is 0.0797. The molecule has 2 aromatic heterocycles. The van der Waals surface area contributed by atoms with Crippen LogP contribution in [0, 0.1) is 11.6 Å². The molecule has 1 aliphatic heterocycles. The summed E-state index contributed by atoms with van der Waals surface area (Å²) in [5, 5.41) is 11.1. The molecule has 7 nitrogen and oxygen atoms in total. The molecule has 9 heteroatoms. The van der Waals surface area contributed by atoms with E-state index in [1.165, 1.54) is 12.1 Å². The molecule has 0 unspecified atom stereocenters. The largest absolute Gasteiger partial charge is 0.487 e. The maximum absolute atomic E-state index is 13.9. The van der Waals surface area contributed by atoms with Crippen molar-refractivity contribution in [2.24, 2.45) is 0 Å². The molecule has 1 fully saturated rings. The van der Waals surface area contributed by atoms with Crippen LogP contribution in [0.1, 0.15) is 26.7 Å². The quantitative estimate of drug-likeness (QED) is 0.702. The summed E-state index contributed by atoms with van der Waals surface area (Å²) >= 11 is 0. The molecule has 0 saturated carbocycles. The predicted octanol–water partition coefficient (Wildman–Crippen LogP) is 3.57. The highest BCUT2D eigenvalue weighted by Crippen LogP contribution is 2.29. The summed E-state index contributed by atoms with van der Waals surface area (Å²) in [6, 6.07) is 3.56. The smallest absolute Gasteiger partial charge is 0.172 e. The average Bonchev–Trinajstić information content (AvgIpc) is 2.70. The number of benzene rings is 1. The molecule has 3 heterocycles. The number of rotatable bonds is 5. The van der Waals surface area contributed by atoms with Gasteiger partial charge in [-0.25, -0.2) is 18.7 Å². The third kappa shape index (κ3) is 4.33. The van der Waals surface area contributed by atoms with Gasteiger partial charge in [-0.15, -0.1) is 0 Å². The topological polar surface area (TPSA) is 76.1 Å². The number of fused-ring (bicyclic) bond motifs is 1. The first-order valence-electron chi connectivity index (χ1n) is 9.61. The number of ether oxygens (including phenoxy) is 1. The Morgan fingerprint density at radius 1 is 1.07 bits per heavy atom. The van der Waals surface area contributed by atoms with Gasteiger partial charge in [0, 0.05) is 38.0 Å². The number of hydrogen-bond acceptors (Lipinski definition) is 7. The standard InChI is InChI=1S/C20H22F2N6O/c1-12(2)25-19-20(27-17-11-24-23-10-16(17)26-19)28-7-5-14(6-8-28)29-18-4-3-13(21)9-15(18)22/h3-4,9-12,14H,5-8H2,1-2H3,(H,25,26). The van der Waals surface area contributed by atoms with Gasteiger partial charge < -0.3 is 15.0 Å². The molecule has 29 heavy (non-hydrogen) atoms. The zero-order valence-corrected chi connectivity index (χ0v) is 16.3. The molecule has 4 rings (SSSR count). The number of aromatic nitrogens is 4. The Morgan fingerprint density at radius 2 is 1.76 bits per heavy atom. The van der Waals surface area contributed by atoms with E-state index in [0.29, 0.717) is 42.8 Å². The van der Waals surface area contributed by atoms with Crippen LogP contribution in [-0.2, 0) is 0 Å². The summed E-state index contributed by atoms with van der Waals surface area (Å²) in [4.78, 5) is 11.5. The Kier molecular flexibility index (Phi) is 5.37. The van der Waals surface area contributed by atoms with E-state index >= 15 is 0 Å². The van der Waals surface area contributed by atoms with Crippen LogP contribution in [-0.4, -0.2) is 45.4 Å². The Morgan fingerprint density at radius 3 is 2.41 bits per heavy atom. The fourth-order valence-corrected chi connectivity index (χ4v) is 3.34. The Labute approximate surface area is 167 Å². The predicted molar refractivity (Wildman–Crippen MR) is 106 cm³/mol. The van der Waals surface area contributed by atoms with Gasteiger partial charge in [-0.05, 0) is 26.0 Å². The SMILES string of the molecule is CC(C)Nc1nc2cnncc2nc1N1CCC(Oc2ccc(F)cc2F)CC1. The van der Waals surface area contributed by atoms with E-state index in [-0.39, 0.29) is 17.9 Å². The molecule has 1 aromatic carbocycles. The Balaban J connectivity index is 1.50. The van der Waals surface area contributed by atoms with Gasteiger partial charge in [0.2, 0.25) is 0 Å². The first kappa shape index (κ1) is 19.2. The fourth-order valence-electron chi connectivity index (χ4n) is 3.34. The molecule has 1 aliphatic rings. The van der Waals surface area contributed by atoms with Gasteiger partial charge in [0.1, 0.15) is 23.0 Å². The molecule has 1 saturated heterocycles. The molecule has 0 atom stereocenters. The van der Waals surface area contributed by atoms with E-state index in [1.807, 2.05) is 13.8 Å². The highest BCUT2D eigenvalue weighted by atomic mass is 19.1. The van der Waals surface area contributed by atoms with Crippen molar-refractivity contribution in [1.29, 1.82) is 0 Å². The van der Waals surface area contributed by atoms with Crippen LogP contribution in [0.4, 0.5) is 20.4 Å². The minimum Gasteiger partial charge on any atom is -0.487 e. The van der Waals surface area contributed by atoms with Crippen LogP contribution in [0.3, 0.4) is 0 Å². The number of anilines is 2. The molecule has 1 N–H and O–H groups in total. The van der Waals surface area contributed by atoms with Crippen LogP contribution >= 0.6 is 0 Å². The molecule has 0 bridgehead atoms. The van der Waals surface area contributed by atoms with Crippen LogP contribution in [0.2, 0.25) is 0 Å². The molecule has 0 spiro atoms. The van der Waals surface area contributed by atoms with E-state index in [4.69, 9.17) is 9.72 Å². The van der Waals surface area contributed by atoms with Crippen molar-refractivity contribution < 1.29 is 13.5 Å². The normalized spacial score (nSPS) is 15.1. The summed E-state index contributed by atoms with van der Waals surface area (Å²) in [5.74, 6) is 0.234. The van der Waals surface area contributed by atoms with Crippen molar-refractivity contribution in [3.63, 3.8) is 0 Å². The highest BCUT2D eigenvalue weighted by molar-refractivity contribution is 5.79. The van der Waals surface area contributed by atoms with E-state index in [1.54, 1.807) is 12.4 Å². The van der Waals surface area contributed by atoms with E-state index in [0.717, 1.165) is 11.9 Å². The zero-order valence-electron chi connectivity index (χ0n) is 16.3. The van der Waals surface area contributed by atoms with Gasteiger partial charge in [-0.3, -0.25) is 0 Å². The maximum atomic E-state index is 13.9. The number of nitrogens with zero attached hydrogens (tertiary/aromatic N) is 5. The van der Waals surface area contributed by atoms with Gasteiger partial charge in [0.25, 0.3) is 0 Å². The number of piperidine rings is 1.